The summed E-state index contributed by atoms with van der Waals surface area (Å²) in [6.45, 7) is 6.91. The number of phenolic OH excluding ortho intramolecular Hbond substituents is 2. The number of nitrogens with zero attached hydrogens (tertiary/aromatic N) is 6. The van der Waals surface area contributed by atoms with Crippen molar-refractivity contribution >= 4 is 34.6 Å². The fourth-order valence-corrected chi connectivity index (χ4v) is 5.71. The third-order valence-electron chi connectivity index (χ3n) is 8.40. The maximum atomic E-state index is 14.8. The first-order chi connectivity index (χ1) is 22.6. The van der Waals surface area contributed by atoms with E-state index in [1.165, 1.54) is 12.1 Å². The Morgan fingerprint density at radius 2 is 1.94 bits per heavy atom. The van der Waals surface area contributed by atoms with Gasteiger partial charge in [0.1, 0.15) is 17.6 Å². The Morgan fingerprint density at radius 1 is 1.21 bits per heavy atom. The molecule has 10 nitrogen and oxygen atoms in total. The molecular weight excluding hydrogens is 870 g/mol. The number of halogens is 2. The van der Waals surface area contributed by atoms with Gasteiger partial charge in [0, 0.05) is 63.2 Å². The second-order valence-corrected chi connectivity index (χ2v) is 12.2. The van der Waals surface area contributed by atoms with Crippen molar-refractivity contribution in [3.05, 3.63) is 83.0 Å². The molecule has 2 aliphatic rings. The summed E-state index contributed by atoms with van der Waals surface area (Å²) in [5.74, 6) is -0.126. The summed E-state index contributed by atoms with van der Waals surface area (Å²) in [5.41, 5.74) is 2.10. The zero-order valence-electron chi connectivity index (χ0n) is 27.5. The number of rotatable bonds is 8. The van der Waals surface area contributed by atoms with Crippen molar-refractivity contribution < 1.29 is 24.1 Å². The van der Waals surface area contributed by atoms with Crippen LogP contribution in [-0.2, 0) is 17.8 Å². The molecule has 1 aliphatic heterocycles. The van der Waals surface area contributed by atoms with Gasteiger partial charge in [-0.3, -0.25) is 14.7 Å². The van der Waals surface area contributed by atoms with Gasteiger partial charge in [-0.1, -0.05) is 30.3 Å². The van der Waals surface area contributed by atoms with E-state index in [1.807, 2.05) is 30.0 Å². The summed E-state index contributed by atoms with van der Waals surface area (Å²) in [5, 5.41) is 30.6. The first-order valence-electron chi connectivity index (χ1n) is 15.5. The van der Waals surface area contributed by atoms with E-state index in [0.29, 0.717) is 61.1 Å². The van der Waals surface area contributed by atoms with E-state index in [4.69, 9.17) is 11.6 Å². The monoisotopic (exact) mass is 906 g/mol. The Balaban J connectivity index is 0.000000409. The average molecular weight is 911 g/mol. The zero-order chi connectivity index (χ0) is 34.1. The number of nitriles is 1. The van der Waals surface area contributed by atoms with Gasteiger partial charge in [0.15, 0.2) is 17.3 Å². The van der Waals surface area contributed by atoms with Gasteiger partial charge in [0.25, 0.3) is 0 Å². The Labute approximate surface area is 280 Å². The van der Waals surface area contributed by atoms with Crippen LogP contribution in [0.25, 0.3) is 11.0 Å². The molecule has 0 bridgehead atoms. The molecule has 2 aromatic heterocycles. The van der Waals surface area contributed by atoms with E-state index in [9.17, 15) is 24.7 Å². The first kappa shape index (κ1) is 37.1. The zero-order valence-corrected chi connectivity index (χ0v) is 31.2. The minimum absolute atomic E-state index is 0. The van der Waals surface area contributed by atoms with E-state index >= 15 is 0 Å². The van der Waals surface area contributed by atoms with Crippen molar-refractivity contribution in [2.75, 3.05) is 38.8 Å². The number of hydrogen-bond acceptors (Lipinski definition) is 9. The number of aldehydes is 1. The summed E-state index contributed by atoms with van der Waals surface area (Å²) in [4.78, 5) is 24.4. The number of carbonyl (C=O) groups excluding carboxylic acids is 1. The topological polar surface area (TPSA) is 128 Å². The molecule has 0 amide bonds. The van der Waals surface area contributed by atoms with Crippen LogP contribution in [-0.4, -0.2) is 75.8 Å². The smallest absolute Gasteiger partial charge is 0.181 e. The molecule has 1 atom stereocenters. The van der Waals surface area contributed by atoms with E-state index < -0.39 is 11.2 Å². The maximum Gasteiger partial charge on any atom is 0.181 e. The van der Waals surface area contributed by atoms with Crippen LogP contribution in [0.5, 0.6) is 11.5 Å². The molecule has 48 heavy (non-hydrogen) atoms. The van der Waals surface area contributed by atoms with E-state index in [0.717, 1.165) is 25.0 Å². The number of anilines is 1. The first-order valence-corrected chi connectivity index (χ1v) is 15.9. The van der Waals surface area contributed by atoms with Crippen LogP contribution < -0.4 is 4.90 Å². The molecule has 13 heteroatoms. The standard InChI is InChI=1S/C26H28FN5O3.C7H7ClN.C2H6O.Cm/c1-2-18-12-31(20-4-3-5-22(34)25(20)35)9-8-30(18)13-23-29-24-19(27)10-17(14-33)11-21(24)32(23)16-26(15-28)6-7-26;1-2-7-4-3-6(8)5-9-7;1-3-2;/h3-5,10-11,14,18,34-35H,2,6-9,12-13,16H2,1H3;2-5H,1H3;1-2H3;/q;-1;;. The van der Waals surface area contributed by atoms with Gasteiger partial charge in [-0.25, -0.2) is 15.8 Å². The molecule has 2 fully saturated rings. The summed E-state index contributed by atoms with van der Waals surface area (Å²) < 4.78 is 21.0. The minimum Gasteiger partial charge on any atom is -0.504 e. The number of piperazine rings is 1. The molecule has 2 N–H and O–H groups in total. The van der Waals surface area contributed by atoms with E-state index in [1.54, 1.807) is 38.6 Å². The SMILES string of the molecule is CCC1CN(c2cccc(O)c2O)CCN1Cc1nc2c(F)cc(C=O)cc2n1CC1(C#N)CC1.COC.C[CH-]c1ccc(Cl)cn1.[Cm]. The Morgan fingerprint density at radius 3 is 2.52 bits per heavy atom. The molecule has 1 saturated heterocycles. The second kappa shape index (κ2) is 16.5. The predicted molar refractivity (Wildman–Crippen MR) is 180 cm³/mol. The molecule has 0 radical (unpaired) electrons. The van der Waals surface area contributed by atoms with Crippen LogP contribution in [0.4, 0.5) is 10.1 Å². The van der Waals surface area contributed by atoms with E-state index in [2.05, 4.69) is 37.5 Å². The van der Waals surface area contributed by atoms with Gasteiger partial charge >= 0.3 is 0 Å². The van der Waals surface area contributed by atoms with Crippen molar-refractivity contribution in [3.63, 3.8) is 0 Å². The summed E-state index contributed by atoms with van der Waals surface area (Å²) in [6.07, 6.45) is 6.62. The number of methoxy groups -OCH3 is 1. The van der Waals surface area contributed by atoms with Gasteiger partial charge in [-0.2, -0.15) is 11.3 Å². The fraction of sp³-hybridized carbons (Fsp3) is 0.400. The van der Waals surface area contributed by atoms with Crippen LogP contribution in [0.15, 0.2) is 48.7 Å². The fourth-order valence-electron chi connectivity index (χ4n) is 5.60. The minimum atomic E-state index is -0.539. The van der Waals surface area contributed by atoms with Crippen LogP contribution in [0.2, 0.25) is 5.02 Å². The molecule has 1 aliphatic carbocycles. The van der Waals surface area contributed by atoms with Crippen molar-refractivity contribution in [2.24, 2.45) is 5.41 Å². The van der Waals surface area contributed by atoms with E-state index in [-0.39, 0.29) is 28.6 Å². The third kappa shape index (κ3) is 8.50. The van der Waals surface area contributed by atoms with Crippen molar-refractivity contribution in [2.45, 2.75) is 52.2 Å². The molecule has 6 rings (SSSR count). The van der Waals surface area contributed by atoms with Crippen LogP contribution in [0, 0.1) is 29.0 Å². The number of pyridine rings is 1. The molecule has 2 aromatic carbocycles. The van der Waals surface area contributed by atoms with Gasteiger partial charge in [0.05, 0.1) is 29.2 Å². The Hall–Kier alpha value is -5.37. The number of hydrogen-bond donors (Lipinski definition) is 2. The number of carbonyl (C=O) groups is 1. The average Bonchev–Trinajstić information content (AvgIpc) is 3.78. The number of benzene rings is 2. The molecule has 1 saturated carbocycles. The summed E-state index contributed by atoms with van der Waals surface area (Å²) >= 11 is 5.59. The molecule has 3 heterocycles. The van der Waals surface area contributed by atoms with Crippen molar-refractivity contribution in [1.29, 1.82) is 5.26 Å². The number of phenols is 2. The quantitative estimate of drug-likeness (QED) is 0.118. The third-order valence-corrected chi connectivity index (χ3v) is 8.62. The normalized spacial score (nSPS) is 16.4. The van der Waals surface area contributed by atoms with Crippen molar-refractivity contribution in [1.82, 2.24) is 19.4 Å². The van der Waals surface area contributed by atoms with Gasteiger partial charge < -0.3 is 24.4 Å². The Kier molecular flexibility index (Phi) is 12.7. The van der Waals surface area contributed by atoms with Gasteiger partial charge in [-0.15, -0.1) is 13.0 Å². The van der Waals surface area contributed by atoms with Crippen LogP contribution in [0.1, 0.15) is 55.0 Å². The van der Waals surface area contributed by atoms with Crippen LogP contribution >= 0.6 is 11.6 Å². The molecule has 0 spiro atoms. The number of para-hydroxylation sites is 1. The molecule has 258 valence electrons. The van der Waals surface area contributed by atoms with Gasteiger partial charge in [0.2, 0.25) is 0 Å². The maximum absolute atomic E-state index is 14.8. The Bertz CT molecular complexity index is 1710. The summed E-state index contributed by atoms with van der Waals surface area (Å²) in [7, 11) is 3.25. The second-order valence-electron chi connectivity index (χ2n) is 11.7. The number of aromatic hydroxyl groups is 2. The molecule has 4 aromatic rings. The van der Waals surface area contributed by atoms with Crippen molar-refractivity contribution in [3.8, 4) is 17.6 Å². The largest absolute Gasteiger partial charge is 0.504 e. The number of aromatic nitrogens is 3. The molecular formula is C35H41ClCmFN6O4-. The number of imidazole rings is 1. The number of fused-ring (bicyclic) bond motifs is 1. The number of ether oxygens (including phenoxy) is 1. The summed E-state index contributed by atoms with van der Waals surface area (Å²) in [6, 6.07) is 14.1. The predicted octanol–water partition coefficient (Wildman–Crippen LogP) is 6.37. The van der Waals surface area contributed by atoms with Crippen LogP contribution in [0.3, 0.4) is 0 Å². The molecule has 1 unspecified atom stereocenters. The van der Waals surface area contributed by atoms with Gasteiger partial charge in [-0.05, 0) is 43.5 Å².